The van der Waals surface area contributed by atoms with E-state index in [1.807, 2.05) is 27.7 Å². The smallest absolute Gasteiger partial charge is 0.495 e. The zero-order valence-electron chi connectivity index (χ0n) is 13.2. The van der Waals surface area contributed by atoms with Gasteiger partial charge in [0, 0.05) is 10.6 Å². The lowest BCUT2D eigenvalue weighted by molar-refractivity contribution is 0.00578. The predicted molar refractivity (Wildman–Crippen MR) is 88.2 cm³/mol. The number of hydrogen-bond acceptors (Lipinski definition) is 3. The van der Waals surface area contributed by atoms with Crippen LogP contribution in [0.25, 0.3) is 6.08 Å². The Bertz CT molecular complexity index is 601. The molecule has 1 fully saturated rings. The van der Waals surface area contributed by atoms with Gasteiger partial charge in [-0.05, 0) is 45.9 Å². The fourth-order valence-electron chi connectivity index (χ4n) is 2.08. The van der Waals surface area contributed by atoms with E-state index in [9.17, 15) is 4.39 Å². The number of methoxy groups -OCH3 is 1. The number of rotatable bonds is 3. The van der Waals surface area contributed by atoms with Crippen LogP contribution in [0.4, 0.5) is 4.39 Å². The molecule has 0 atom stereocenters. The molecule has 0 aliphatic carbocycles. The van der Waals surface area contributed by atoms with Gasteiger partial charge >= 0.3 is 7.12 Å². The van der Waals surface area contributed by atoms with Crippen LogP contribution in [0.1, 0.15) is 33.3 Å². The van der Waals surface area contributed by atoms with Crippen molar-refractivity contribution in [3.05, 3.63) is 33.5 Å². The van der Waals surface area contributed by atoms with Crippen molar-refractivity contribution < 1.29 is 18.4 Å². The molecule has 1 aromatic carbocycles. The maximum atomic E-state index is 14.5. The highest BCUT2D eigenvalue weighted by molar-refractivity contribution is 6.54. The summed E-state index contributed by atoms with van der Waals surface area (Å²) in [6.45, 7) is 7.43. The standard InChI is InChI=1S/C15H18BCl2FO3/c1-14(2)15(3,4)22-16(21-14)12(19)7-9-6-10(17)8-11(18)13(9)20-5/h6-8H,1-5H3. The lowest BCUT2D eigenvalue weighted by atomic mass is 9.86. The van der Waals surface area contributed by atoms with Gasteiger partial charge in [0.2, 0.25) is 0 Å². The molecule has 1 aliphatic rings. The maximum absolute atomic E-state index is 14.5. The third-order valence-electron chi connectivity index (χ3n) is 4.01. The molecule has 2 rings (SSSR count). The van der Waals surface area contributed by atoms with Gasteiger partial charge in [-0.25, -0.2) is 4.39 Å². The summed E-state index contributed by atoms with van der Waals surface area (Å²) in [6.07, 6.45) is 1.26. The Kier molecular flexibility index (Phi) is 4.84. The van der Waals surface area contributed by atoms with E-state index in [2.05, 4.69) is 0 Å². The molecule has 1 aromatic rings. The number of hydrogen-bond donors (Lipinski definition) is 0. The molecule has 22 heavy (non-hydrogen) atoms. The first-order chi connectivity index (χ1) is 10.1. The van der Waals surface area contributed by atoms with E-state index in [4.69, 9.17) is 37.2 Å². The highest BCUT2D eigenvalue weighted by Gasteiger charge is 2.53. The fraction of sp³-hybridized carbons (Fsp3) is 0.467. The van der Waals surface area contributed by atoms with Gasteiger partial charge in [0.25, 0.3) is 0 Å². The molecule has 0 aromatic heterocycles. The highest BCUT2D eigenvalue weighted by Crippen LogP contribution is 2.40. The van der Waals surface area contributed by atoms with Gasteiger partial charge in [-0.2, -0.15) is 0 Å². The Morgan fingerprint density at radius 1 is 1.18 bits per heavy atom. The molecule has 0 radical (unpaired) electrons. The van der Waals surface area contributed by atoms with E-state index in [1.54, 1.807) is 6.07 Å². The molecule has 1 saturated heterocycles. The second-order valence-electron chi connectivity index (χ2n) is 6.13. The predicted octanol–water partition coefficient (Wildman–Crippen LogP) is 4.94. The van der Waals surface area contributed by atoms with Crippen molar-refractivity contribution in [2.45, 2.75) is 38.9 Å². The monoisotopic (exact) mass is 346 g/mol. The van der Waals surface area contributed by atoms with Crippen LogP contribution in [0, 0.1) is 0 Å². The summed E-state index contributed by atoms with van der Waals surface area (Å²) in [5, 5.41) is 0.696. The first kappa shape index (κ1) is 17.6. The average molecular weight is 347 g/mol. The molecule has 0 unspecified atom stereocenters. The zero-order chi connectivity index (χ0) is 16.7. The Hall–Kier alpha value is -0.745. The normalized spacial score (nSPS) is 20.4. The largest absolute Gasteiger partial charge is 0.525 e. The minimum atomic E-state index is -1.08. The molecular weight excluding hydrogens is 329 g/mol. The Labute approximate surface area is 140 Å². The van der Waals surface area contributed by atoms with Gasteiger partial charge < -0.3 is 14.0 Å². The summed E-state index contributed by atoms with van der Waals surface area (Å²) in [6, 6.07) is 3.10. The maximum Gasteiger partial charge on any atom is 0.525 e. The third-order valence-corrected chi connectivity index (χ3v) is 4.51. The summed E-state index contributed by atoms with van der Waals surface area (Å²) in [5.74, 6) is 0.345. The van der Waals surface area contributed by atoms with Gasteiger partial charge in [-0.3, -0.25) is 0 Å². The van der Waals surface area contributed by atoms with Crippen LogP contribution in [0.5, 0.6) is 5.75 Å². The Balaban J connectivity index is 2.35. The van der Waals surface area contributed by atoms with E-state index >= 15 is 0 Å². The molecule has 7 heteroatoms. The van der Waals surface area contributed by atoms with Gasteiger partial charge in [0.05, 0.1) is 23.3 Å². The van der Waals surface area contributed by atoms with Crippen molar-refractivity contribution in [3.63, 3.8) is 0 Å². The van der Waals surface area contributed by atoms with Crippen molar-refractivity contribution in [1.82, 2.24) is 0 Å². The number of halogens is 3. The second-order valence-corrected chi connectivity index (χ2v) is 6.97. The van der Waals surface area contributed by atoms with Crippen molar-refractivity contribution >= 4 is 36.4 Å². The molecule has 0 bridgehead atoms. The third kappa shape index (κ3) is 3.28. The second kappa shape index (κ2) is 6.04. The molecule has 3 nitrogen and oxygen atoms in total. The molecule has 0 N–H and O–H groups in total. The minimum absolute atomic E-state index is 0.308. The van der Waals surface area contributed by atoms with E-state index in [0.717, 1.165) is 0 Å². The van der Waals surface area contributed by atoms with Crippen LogP contribution in [-0.4, -0.2) is 25.4 Å². The van der Waals surface area contributed by atoms with Crippen LogP contribution in [0.2, 0.25) is 10.0 Å². The van der Waals surface area contributed by atoms with Crippen LogP contribution >= 0.6 is 23.2 Å². The van der Waals surface area contributed by atoms with Gasteiger partial charge in [-0.1, -0.05) is 23.2 Å². The minimum Gasteiger partial charge on any atom is -0.495 e. The van der Waals surface area contributed by atoms with E-state index in [0.29, 0.717) is 21.4 Å². The fourth-order valence-corrected chi connectivity index (χ4v) is 2.66. The van der Waals surface area contributed by atoms with Crippen LogP contribution in [-0.2, 0) is 9.31 Å². The molecule has 0 spiro atoms. The lowest BCUT2D eigenvalue weighted by Gasteiger charge is -2.32. The van der Waals surface area contributed by atoms with E-state index < -0.39 is 24.0 Å². The SMILES string of the molecule is COc1c(Cl)cc(Cl)cc1C=C(F)B1OC(C)(C)C(C)(C)O1. The summed E-state index contributed by atoms with van der Waals surface area (Å²) >= 11 is 12.0. The lowest BCUT2D eigenvalue weighted by Crippen LogP contribution is -2.41. The summed E-state index contributed by atoms with van der Waals surface area (Å²) in [7, 11) is 0.381. The van der Waals surface area contributed by atoms with Crippen molar-refractivity contribution in [3.8, 4) is 5.75 Å². The molecule has 0 saturated carbocycles. The van der Waals surface area contributed by atoms with E-state index in [-0.39, 0.29) is 0 Å². The van der Waals surface area contributed by atoms with Gasteiger partial charge in [0.15, 0.2) is 0 Å². The summed E-state index contributed by atoms with van der Waals surface area (Å²) in [4.78, 5) is 0. The first-order valence-electron chi connectivity index (χ1n) is 6.83. The van der Waals surface area contributed by atoms with Gasteiger partial charge in [0.1, 0.15) is 11.5 Å². The topological polar surface area (TPSA) is 27.7 Å². The van der Waals surface area contributed by atoms with Crippen LogP contribution in [0.3, 0.4) is 0 Å². The number of benzene rings is 1. The zero-order valence-corrected chi connectivity index (χ0v) is 14.7. The quantitative estimate of drug-likeness (QED) is 0.725. The molecule has 1 aliphatic heterocycles. The summed E-state index contributed by atoms with van der Waals surface area (Å²) in [5.41, 5.74) is -1.37. The highest BCUT2D eigenvalue weighted by atomic mass is 35.5. The van der Waals surface area contributed by atoms with Crippen LogP contribution < -0.4 is 4.74 Å². The average Bonchev–Trinajstić information content (AvgIpc) is 2.58. The van der Waals surface area contributed by atoms with Crippen molar-refractivity contribution in [2.75, 3.05) is 7.11 Å². The van der Waals surface area contributed by atoms with E-state index in [1.165, 1.54) is 19.3 Å². The van der Waals surface area contributed by atoms with Crippen LogP contribution in [0.15, 0.2) is 17.9 Å². The Morgan fingerprint density at radius 2 is 1.73 bits per heavy atom. The number of ether oxygens (including phenoxy) is 1. The molecule has 120 valence electrons. The van der Waals surface area contributed by atoms with Crippen molar-refractivity contribution in [2.24, 2.45) is 0 Å². The van der Waals surface area contributed by atoms with Gasteiger partial charge in [-0.15, -0.1) is 0 Å². The van der Waals surface area contributed by atoms with Crippen molar-refractivity contribution in [1.29, 1.82) is 0 Å². The first-order valence-corrected chi connectivity index (χ1v) is 7.59. The Morgan fingerprint density at radius 3 is 2.23 bits per heavy atom. The molecule has 0 amide bonds. The molecular formula is C15H18BCl2FO3. The summed E-state index contributed by atoms with van der Waals surface area (Å²) < 4.78 is 31.0. The molecule has 1 heterocycles.